The predicted octanol–water partition coefficient (Wildman–Crippen LogP) is 3.05. The van der Waals surface area contributed by atoms with E-state index < -0.39 is 0 Å². The lowest BCUT2D eigenvalue weighted by Gasteiger charge is -2.27. The zero-order valence-electron chi connectivity index (χ0n) is 8.11. The molecule has 2 unspecified atom stereocenters. The van der Waals surface area contributed by atoms with E-state index in [9.17, 15) is 0 Å². The second-order valence-electron chi connectivity index (χ2n) is 5.02. The summed E-state index contributed by atoms with van der Waals surface area (Å²) in [5, 5.41) is 0. The molecule has 0 fully saturated rings. The van der Waals surface area contributed by atoms with Crippen LogP contribution in [0.25, 0.3) is 0 Å². The van der Waals surface area contributed by atoms with Gasteiger partial charge < -0.3 is 0 Å². The molecule has 0 saturated heterocycles. The van der Waals surface area contributed by atoms with Crippen LogP contribution < -0.4 is 0 Å². The average molecular weight is 181 g/mol. The van der Waals surface area contributed by atoms with Crippen LogP contribution in [0.1, 0.15) is 12.8 Å². The maximum Gasteiger partial charge on any atom is 0.0292 e. The lowest BCUT2D eigenvalue weighted by atomic mass is 9.76. The summed E-state index contributed by atoms with van der Waals surface area (Å²) in [6.45, 7) is 0. The molecule has 14 heavy (non-hydrogen) atoms. The fourth-order valence-corrected chi connectivity index (χ4v) is 3.47. The number of rotatable bonds is 1. The van der Waals surface area contributed by atoms with Crippen molar-refractivity contribution in [1.82, 2.24) is 0 Å². The normalized spacial score (nSPS) is 50.9. The fraction of sp³-hybridized carbons (Fsp3) is 0.429. The first-order valence-corrected chi connectivity index (χ1v) is 5.57. The largest absolute Gasteiger partial charge is 0.0806 e. The van der Waals surface area contributed by atoms with Gasteiger partial charge in [-0.3, -0.25) is 0 Å². The van der Waals surface area contributed by atoms with E-state index >= 15 is 0 Å². The van der Waals surface area contributed by atoms with E-state index in [4.69, 9.17) is 0 Å². The molecule has 0 heterocycles. The van der Waals surface area contributed by atoms with Gasteiger partial charge in [-0.1, -0.05) is 36.5 Å². The Hall–Kier alpha value is -1.04. The predicted molar refractivity (Wildman–Crippen MR) is 56.3 cm³/mol. The first-order valence-electron chi connectivity index (χ1n) is 5.57. The van der Waals surface area contributed by atoms with Gasteiger partial charge >= 0.3 is 0 Å². The molecule has 0 aromatic carbocycles. The molecular formula is C14H13. The van der Waals surface area contributed by atoms with E-state index in [0.29, 0.717) is 17.8 Å². The third-order valence-electron chi connectivity index (χ3n) is 4.15. The quantitative estimate of drug-likeness (QED) is 0.545. The van der Waals surface area contributed by atoms with Crippen molar-refractivity contribution in [3.8, 4) is 0 Å². The Morgan fingerprint density at radius 2 is 2.00 bits per heavy atom. The maximum atomic E-state index is 3.68. The maximum absolute atomic E-state index is 3.68. The van der Waals surface area contributed by atoms with Crippen LogP contribution in [0.15, 0.2) is 42.0 Å². The minimum atomic E-state index is 0.287. The molecule has 4 bridgehead atoms. The summed E-state index contributed by atoms with van der Waals surface area (Å²) in [4.78, 5) is 0. The lowest BCUT2D eigenvalue weighted by molar-refractivity contribution is 0.518. The van der Waals surface area contributed by atoms with Gasteiger partial charge in [0.2, 0.25) is 0 Å². The molecule has 4 aliphatic rings. The molecule has 4 aliphatic carbocycles. The van der Waals surface area contributed by atoms with Crippen LogP contribution in [-0.4, -0.2) is 0 Å². The number of allylic oxidation sites excluding steroid dienone is 8. The zero-order valence-corrected chi connectivity index (χ0v) is 8.11. The molecule has 0 nitrogen and oxygen atoms in total. The molecule has 4 rings (SSSR count). The lowest BCUT2D eigenvalue weighted by Crippen LogP contribution is -2.17. The highest BCUT2D eigenvalue weighted by molar-refractivity contribution is 5.44. The van der Waals surface area contributed by atoms with Crippen molar-refractivity contribution < 1.29 is 0 Å². The van der Waals surface area contributed by atoms with Crippen molar-refractivity contribution in [1.29, 1.82) is 0 Å². The molecule has 0 N–H and O–H groups in total. The van der Waals surface area contributed by atoms with Crippen LogP contribution in [-0.2, 0) is 0 Å². The topological polar surface area (TPSA) is 0 Å². The monoisotopic (exact) mass is 181 g/mol. The molecule has 0 aromatic heterocycles. The van der Waals surface area contributed by atoms with Crippen molar-refractivity contribution in [3.05, 3.63) is 48.1 Å². The summed E-state index contributed by atoms with van der Waals surface area (Å²) in [6, 6.07) is 0. The van der Waals surface area contributed by atoms with Crippen molar-refractivity contribution in [3.63, 3.8) is 0 Å². The Bertz CT molecular complexity index is 392. The molecule has 0 heteroatoms. The third kappa shape index (κ3) is 0.716. The van der Waals surface area contributed by atoms with Gasteiger partial charge in [0.05, 0.1) is 0 Å². The number of hydrogen-bond donors (Lipinski definition) is 0. The van der Waals surface area contributed by atoms with Crippen LogP contribution in [0.5, 0.6) is 0 Å². The Morgan fingerprint density at radius 1 is 1.14 bits per heavy atom. The molecule has 0 aromatic rings. The van der Waals surface area contributed by atoms with E-state index in [-0.39, 0.29) is 5.41 Å². The van der Waals surface area contributed by atoms with Crippen molar-refractivity contribution in [2.24, 2.45) is 23.2 Å². The Morgan fingerprint density at radius 3 is 2.50 bits per heavy atom. The van der Waals surface area contributed by atoms with Crippen LogP contribution in [0.4, 0.5) is 0 Å². The summed E-state index contributed by atoms with van der Waals surface area (Å²) < 4.78 is 0. The van der Waals surface area contributed by atoms with Gasteiger partial charge in [0.25, 0.3) is 0 Å². The fourth-order valence-electron chi connectivity index (χ4n) is 3.47. The summed E-state index contributed by atoms with van der Waals surface area (Å²) >= 11 is 0. The molecular weight excluding hydrogens is 168 g/mol. The number of hydrogen-bond acceptors (Lipinski definition) is 0. The number of fused-ring (bicyclic) bond motifs is 4. The standard InChI is InChI=1S/C14H13/c1-2-12-7-11(1)8-13(12)14-5-3-10(9-14)4-6-14/h1-6,10-12H,7,9H2. The highest BCUT2D eigenvalue weighted by atomic mass is 14.5. The molecule has 1 radical (unpaired) electrons. The van der Waals surface area contributed by atoms with Gasteiger partial charge in [0, 0.05) is 17.3 Å². The molecule has 0 spiro atoms. The Labute approximate surface area is 84.7 Å². The zero-order chi connectivity index (χ0) is 9.17. The van der Waals surface area contributed by atoms with Crippen molar-refractivity contribution in [2.75, 3.05) is 0 Å². The average Bonchev–Trinajstić information content (AvgIpc) is 2.98. The summed E-state index contributed by atoms with van der Waals surface area (Å²) in [5.41, 5.74) is 1.85. The first-order chi connectivity index (χ1) is 6.86. The van der Waals surface area contributed by atoms with E-state index in [0.717, 1.165) is 0 Å². The minimum Gasteiger partial charge on any atom is -0.0806 e. The summed E-state index contributed by atoms with van der Waals surface area (Å²) in [7, 11) is 0. The van der Waals surface area contributed by atoms with E-state index in [1.54, 1.807) is 5.57 Å². The third-order valence-corrected chi connectivity index (χ3v) is 4.15. The van der Waals surface area contributed by atoms with Crippen LogP contribution >= 0.6 is 0 Å². The summed E-state index contributed by atoms with van der Waals surface area (Å²) in [5.74, 6) is 2.05. The second-order valence-corrected chi connectivity index (χ2v) is 5.02. The molecule has 0 saturated carbocycles. The van der Waals surface area contributed by atoms with Gasteiger partial charge in [-0.2, -0.15) is 0 Å². The SMILES string of the molecule is [C]1=C(C23C=CC(C=C2)C3)C2C=CC1C2. The molecule has 69 valence electrons. The second kappa shape index (κ2) is 2.13. The first kappa shape index (κ1) is 7.28. The van der Waals surface area contributed by atoms with E-state index in [1.807, 2.05) is 0 Å². The minimum absolute atomic E-state index is 0.287. The van der Waals surface area contributed by atoms with Crippen molar-refractivity contribution in [2.45, 2.75) is 12.8 Å². The van der Waals surface area contributed by atoms with Crippen molar-refractivity contribution >= 4 is 0 Å². The van der Waals surface area contributed by atoms with Crippen LogP contribution in [0, 0.1) is 29.2 Å². The molecule has 0 aliphatic heterocycles. The van der Waals surface area contributed by atoms with Gasteiger partial charge in [0.1, 0.15) is 0 Å². The van der Waals surface area contributed by atoms with E-state index in [2.05, 4.69) is 42.5 Å². The summed E-state index contributed by atoms with van der Waals surface area (Å²) in [6.07, 6.45) is 20.5. The van der Waals surface area contributed by atoms with Gasteiger partial charge in [-0.05, 0) is 30.4 Å². The highest BCUT2D eigenvalue weighted by Crippen LogP contribution is 2.55. The van der Waals surface area contributed by atoms with Gasteiger partial charge in [0.15, 0.2) is 0 Å². The van der Waals surface area contributed by atoms with Crippen LogP contribution in [0.3, 0.4) is 0 Å². The van der Waals surface area contributed by atoms with Crippen LogP contribution in [0.2, 0.25) is 0 Å². The molecule has 2 atom stereocenters. The Balaban J connectivity index is 1.80. The molecule has 0 amide bonds. The smallest absolute Gasteiger partial charge is 0.0292 e. The Kier molecular flexibility index (Phi) is 1.11. The van der Waals surface area contributed by atoms with Gasteiger partial charge in [-0.15, -0.1) is 0 Å². The highest BCUT2D eigenvalue weighted by Gasteiger charge is 2.45. The van der Waals surface area contributed by atoms with E-state index in [1.165, 1.54) is 12.8 Å². The van der Waals surface area contributed by atoms with Gasteiger partial charge in [-0.25, -0.2) is 0 Å².